The molecule has 26 heavy (non-hydrogen) atoms. The van der Waals surface area contributed by atoms with E-state index in [0.29, 0.717) is 5.69 Å². The van der Waals surface area contributed by atoms with Crippen molar-refractivity contribution in [3.05, 3.63) is 89.7 Å². The summed E-state index contributed by atoms with van der Waals surface area (Å²) >= 11 is 0. The number of anilines is 2. The molecule has 0 atom stereocenters. The fraction of sp³-hybridized carbons (Fsp3) is 0.182. The van der Waals surface area contributed by atoms with Crippen molar-refractivity contribution in [3.8, 4) is 0 Å². The Balaban J connectivity index is 1.62. The second kappa shape index (κ2) is 8.81. The Kier molecular flexibility index (Phi) is 5.99. The molecule has 0 aliphatic carbocycles. The van der Waals surface area contributed by atoms with E-state index >= 15 is 0 Å². The number of aromatic nitrogens is 1. The number of carbonyl (C=O) groups excluding carboxylic acids is 1. The van der Waals surface area contributed by atoms with Crippen LogP contribution in [0, 0.1) is 0 Å². The lowest BCUT2D eigenvalue weighted by molar-refractivity contribution is 0.102. The first-order valence-electron chi connectivity index (χ1n) is 8.89. The van der Waals surface area contributed by atoms with Gasteiger partial charge in [0.15, 0.2) is 0 Å². The Morgan fingerprint density at radius 3 is 2.58 bits per heavy atom. The lowest BCUT2D eigenvalue weighted by Gasteiger charge is -2.11. The largest absolute Gasteiger partial charge is 0.385 e. The van der Waals surface area contributed by atoms with Gasteiger partial charge >= 0.3 is 0 Å². The molecule has 1 amide bonds. The maximum atomic E-state index is 12.5. The summed E-state index contributed by atoms with van der Waals surface area (Å²) in [4.78, 5) is 16.7. The van der Waals surface area contributed by atoms with Gasteiger partial charge in [0.1, 0.15) is 5.69 Å². The molecular weight excluding hydrogens is 322 g/mol. The molecule has 0 spiro atoms. The average molecular weight is 345 g/mol. The van der Waals surface area contributed by atoms with E-state index in [4.69, 9.17) is 0 Å². The van der Waals surface area contributed by atoms with Gasteiger partial charge in [0, 0.05) is 24.1 Å². The van der Waals surface area contributed by atoms with Crippen molar-refractivity contribution in [1.29, 1.82) is 0 Å². The second-order valence-corrected chi connectivity index (χ2v) is 6.06. The number of nitrogens with zero attached hydrogens (tertiary/aromatic N) is 1. The average Bonchev–Trinajstić information content (AvgIpc) is 2.69. The SMILES string of the molecule is CCc1ccccc1NC(=O)c1cc(NCCc2ccccc2)ccn1. The van der Waals surface area contributed by atoms with Gasteiger partial charge in [-0.25, -0.2) is 0 Å². The van der Waals surface area contributed by atoms with Gasteiger partial charge in [-0.15, -0.1) is 0 Å². The molecular formula is C22H23N3O. The zero-order chi connectivity index (χ0) is 18.2. The van der Waals surface area contributed by atoms with Gasteiger partial charge in [0.2, 0.25) is 0 Å². The summed E-state index contributed by atoms with van der Waals surface area (Å²) in [6, 6.07) is 21.8. The van der Waals surface area contributed by atoms with E-state index in [9.17, 15) is 4.79 Å². The van der Waals surface area contributed by atoms with Crippen molar-refractivity contribution in [2.24, 2.45) is 0 Å². The highest BCUT2D eigenvalue weighted by molar-refractivity contribution is 6.03. The zero-order valence-electron chi connectivity index (χ0n) is 14.9. The van der Waals surface area contributed by atoms with Crippen LogP contribution in [-0.2, 0) is 12.8 Å². The van der Waals surface area contributed by atoms with E-state index in [1.54, 1.807) is 12.3 Å². The summed E-state index contributed by atoms with van der Waals surface area (Å²) in [6.07, 6.45) is 3.45. The van der Waals surface area contributed by atoms with Crippen LogP contribution in [0.25, 0.3) is 0 Å². The molecule has 1 heterocycles. The van der Waals surface area contributed by atoms with E-state index in [-0.39, 0.29) is 5.91 Å². The van der Waals surface area contributed by atoms with E-state index in [1.165, 1.54) is 5.56 Å². The summed E-state index contributed by atoms with van der Waals surface area (Å²) in [5.41, 5.74) is 4.52. The molecule has 1 aromatic heterocycles. The molecule has 132 valence electrons. The topological polar surface area (TPSA) is 54.0 Å². The van der Waals surface area contributed by atoms with Crippen LogP contribution in [0.1, 0.15) is 28.5 Å². The third-order valence-electron chi connectivity index (χ3n) is 4.22. The number of para-hydroxylation sites is 1. The molecule has 3 rings (SSSR count). The van der Waals surface area contributed by atoms with E-state index in [1.807, 2.05) is 48.5 Å². The minimum atomic E-state index is -0.197. The van der Waals surface area contributed by atoms with Gasteiger partial charge in [-0.05, 0) is 42.2 Å². The summed E-state index contributed by atoms with van der Waals surface area (Å²) in [5.74, 6) is -0.197. The molecule has 0 fully saturated rings. The van der Waals surface area contributed by atoms with E-state index in [0.717, 1.165) is 36.3 Å². The van der Waals surface area contributed by atoms with E-state index in [2.05, 4.69) is 34.7 Å². The molecule has 4 nitrogen and oxygen atoms in total. The highest BCUT2D eigenvalue weighted by Gasteiger charge is 2.10. The van der Waals surface area contributed by atoms with Gasteiger partial charge in [-0.2, -0.15) is 0 Å². The number of benzene rings is 2. The minimum Gasteiger partial charge on any atom is -0.385 e. The molecule has 2 aromatic carbocycles. The fourth-order valence-electron chi connectivity index (χ4n) is 2.80. The maximum Gasteiger partial charge on any atom is 0.274 e. The predicted octanol–water partition coefficient (Wildman–Crippen LogP) is 4.55. The molecule has 2 N–H and O–H groups in total. The molecule has 0 unspecified atom stereocenters. The molecule has 0 bridgehead atoms. The Morgan fingerprint density at radius 1 is 1.00 bits per heavy atom. The van der Waals surface area contributed by atoms with Crippen molar-refractivity contribution >= 4 is 17.3 Å². The molecule has 0 aliphatic rings. The summed E-state index contributed by atoms with van der Waals surface area (Å²) in [5, 5.41) is 6.31. The lowest BCUT2D eigenvalue weighted by Crippen LogP contribution is -2.15. The molecule has 4 heteroatoms. The third kappa shape index (κ3) is 4.70. The summed E-state index contributed by atoms with van der Waals surface area (Å²) in [6.45, 7) is 2.87. The minimum absolute atomic E-state index is 0.197. The number of nitrogens with one attached hydrogen (secondary N) is 2. The number of amides is 1. The Labute approximate surface area is 154 Å². The smallest absolute Gasteiger partial charge is 0.274 e. The Bertz CT molecular complexity index is 862. The van der Waals surface area contributed by atoms with Crippen LogP contribution in [0.5, 0.6) is 0 Å². The van der Waals surface area contributed by atoms with Crippen LogP contribution in [-0.4, -0.2) is 17.4 Å². The molecule has 0 saturated heterocycles. The van der Waals surface area contributed by atoms with E-state index < -0.39 is 0 Å². The number of hydrogen-bond donors (Lipinski definition) is 2. The number of aryl methyl sites for hydroxylation is 1. The third-order valence-corrected chi connectivity index (χ3v) is 4.22. The van der Waals surface area contributed by atoms with Crippen molar-refractivity contribution in [2.45, 2.75) is 19.8 Å². The Morgan fingerprint density at radius 2 is 1.77 bits per heavy atom. The first kappa shape index (κ1) is 17.7. The van der Waals surface area contributed by atoms with Crippen molar-refractivity contribution in [3.63, 3.8) is 0 Å². The van der Waals surface area contributed by atoms with Crippen molar-refractivity contribution < 1.29 is 4.79 Å². The van der Waals surface area contributed by atoms with Crippen molar-refractivity contribution in [1.82, 2.24) is 4.98 Å². The van der Waals surface area contributed by atoms with Gasteiger partial charge < -0.3 is 10.6 Å². The van der Waals surface area contributed by atoms with Crippen LogP contribution in [0.2, 0.25) is 0 Å². The number of pyridine rings is 1. The van der Waals surface area contributed by atoms with Gasteiger partial charge in [0.05, 0.1) is 0 Å². The summed E-state index contributed by atoms with van der Waals surface area (Å²) < 4.78 is 0. The lowest BCUT2D eigenvalue weighted by atomic mass is 10.1. The molecule has 3 aromatic rings. The van der Waals surface area contributed by atoms with Gasteiger partial charge in [0.25, 0.3) is 5.91 Å². The van der Waals surface area contributed by atoms with Gasteiger partial charge in [-0.3, -0.25) is 9.78 Å². The van der Waals surface area contributed by atoms with Crippen molar-refractivity contribution in [2.75, 3.05) is 17.2 Å². The Hall–Kier alpha value is -3.14. The second-order valence-electron chi connectivity index (χ2n) is 6.06. The highest BCUT2D eigenvalue weighted by Crippen LogP contribution is 2.17. The van der Waals surface area contributed by atoms with Gasteiger partial charge in [-0.1, -0.05) is 55.5 Å². The maximum absolute atomic E-state index is 12.5. The highest BCUT2D eigenvalue weighted by atomic mass is 16.1. The van der Waals surface area contributed by atoms with Crippen LogP contribution in [0.15, 0.2) is 72.9 Å². The standard InChI is InChI=1S/C22H23N3O/c1-2-18-10-6-7-11-20(18)25-22(26)21-16-19(13-15-24-21)23-14-12-17-8-4-3-5-9-17/h3-11,13,15-16H,2,12,14H2,1H3,(H,23,24)(H,25,26). The first-order chi connectivity index (χ1) is 12.8. The number of carbonyl (C=O) groups is 1. The molecule has 0 radical (unpaired) electrons. The quantitative estimate of drug-likeness (QED) is 0.660. The fourth-order valence-corrected chi connectivity index (χ4v) is 2.80. The number of hydrogen-bond acceptors (Lipinski definition) is 3. The van der Waals surface area contributed by atoms with Crippen LogP contribution >= 0.6 is 0 Å². The number of rotatable bonds is 7. The van der Waals surface area contributed by atoms with Crippen LogP contribution < -0.4 is 10.6 Å². The van der Waals surface area contributed by atoms with Crippen LogP contribution in [0.3, 0.4) is 0 Å². The summed E-state index contributed by atoms with van der Waals surface area (Å²) in [7, 11) is 0. The first-order valence-corrected chi connectivity index (χ1v) is 8.89. The van der Waals surface area contributed by atoms with Crippen LogP contribution in [0.4, 0.5) is 11.4 Å². The zero-order valence-corrected chi connectivity index (χ0v) is 14.9. The monoisotopic (exact) mass is 345 g/mol. The predicted molar refractivity (Wildman–Crippen MR) is 107 cm³/mol. The molecule has 0 saturated carbocycles. The molecule has 0 aliphatic heterocycles. The normalized spacial score (nSPS) is 10.3.